The molecule has 0 fully saturated rings. The van der Waals surface area contributed by atoms with Gasteiger partial charge in [0.25, 0.3) is 0 Å². The summed E-state index contributed by atoms with van der Waals surface area (Å²) in [5.74, 6) is -0.109. The molecule has 398 valence electrons. The number of amides is 1. The summed E-state index contributed by atoms with van der Waals surface area (Å²) in [6, 6.07) is -0.642. The van der Waals surface area contributed by atoms with Gasteiger partial charge in [-0.1, -0.05) is 249 Å². The number of esters is 1. The zero-order chi connectivity index (χ0) is 49.3. The molecule has 0 aromatic carbocycles. The number of unbranched alkanes of at least 4 members (excludes halogenated alkanes) is 38. The summed E-state index contributed by atoms with van der Waals surface area (Å²) in [4.78, 5) is 24.5. The van der Waals surface area contributed by atoms with Gasteiger partial charge in [-0.15, -0.1) is 0 Å². The van der Waals surface area contributed by atoms with Gasteiger partial charge in [-0.05, 0) is 96.3 Å². The third-order valence-electron chi connectivity index (χ3n) is 13.6. The molecular weight excluding hydrogens is 839 g/mol. The summed E-state index contributed by atoms with van der Waals surface area (Å²) >= 11 is 0. The van der Waals surface area contributed by atoms with Crippen molar-refractivity contribution < 1.29 is 24.5 Å². The van der Waals surface area contributed by atoms with Crippen molar-refractivity contribution in [1.82, 2.24) is 5.32 Å². The van der Waals surface area contributed by atoms with E-state index in [0.29, 0.717) is 19.4 Å². The molecule has 0 aromatic rings. The third kappa shape index (κ3) is 53.2. The van der Waals surface area contributed by atoms with E-state index in [1.807, 2.05) is 6.08 Å². The van der Waals surface area contributed by atoms with Crippen LogP contribution in [0.5, 0.6) is 0 Å². The molecule has 2 atom stereocenters. The highest BCUT2D eigenvalue weighted by molar-refractivity contribution is 5.76. The molecular formula is C62H115NO5. The summed E-state index contributed by atoms with van der Waals surface area (Å²) in [6.07, 6.45) is 72.8. The topological polar surface area (TPSA) is 95.9 Å². The van der Waals surface area contributed by atoms with Crippen molar-refractivity contribution in [2.24, 2.45) is 0 Å². The van der Waals surface area contributed by atoms with Crippen LogP contribution in [-0.4, -0.2) is 47.4 Å². The van der Waals surface area contributed by atoms with Crippen molar-refractivity contribution in [2.45, 2.75) is 321 Å². The molecule has 0 aliphatic heterocycles. The van der Waals surface area contributed by atoms with E-state index in [2.05, 4.69) is 55.6 Å². The average molecular weight is 955 g/mol. The summed E-state index contributed by atoms with van der Waals surface area (Å²) in [7, 11) is 0. The number of hydrogen-bond acceptors (Lipinski definition) is 5. The second-order valence-electron chi connectivity index (χ2n) is 20.3. The van der Waals surface area contributed by atoms with Crippen LogP contribution in [-0.2, 0) is 14.3 Å². The van der Waals surface area contributed by atoms with Crippen LogP contribution in [0.2, 0.25) is 0 Å². The fraction of sp³-hybridized carbons (Fsp3) is 0.839. The number of aliphatic hydroxyl groups excluding tert-OH is 2. The summed E-state index contributed by atoms with van der Waals surface area (Å²) in [5, 5.41) is 23.2. The molecule has 0 heterocycles. The smallest absolute Gasteiger partial charge is 0.305 e. The van der Waals surface area contributed by atoms with Crippen molar-refractivity contribution >= 4 is 11.9 Å². The van der Waals surface area contributed by atoms with Gasteiger partial charge in [-0.25, -0.2) is 0 Å². The molecule has 6 heteroatoms. The monoisotopic (exact) mass is 954 g/mol. The molecule has 0 rings (SSSR count). The number of allylic oxidation sites excluding steroid dienone is 7. The Morgan fingerprint density at radius 1 is 0.412 bits per heavy atom. The molecule has 6 nitrogen and oxygen atoms in total. The van der Waals surface area contributed by atoms with E-state index in [-0.39, 0.29) is 18.5 Å². The zero-order valence-electron chi connectivity index (χ0n) is 45.3. The summed E-state index contributed by atoms with van der Waals surface area (Å²) < 4.78 is 5.43. The predicted octanol–water partition coefficient (Wildman–Crippen LogP) is 18.6. The Hall–Kier alpha value is -2.18. The highest BCUT2D eigenvalue weighted by Gasteiger charge is 2.18. The first-order valence-electron chi connectivity index (χ1n) is 29.9. The Morgan fingerprint density at radius 2 is 0.735 bits per heavy atom. The number of carbonyl (C=O) groups is 2. The van der Waals surface area contributed by atoms with Crippen LogP contribution in [0.3, 0.4) is 0 Å². The van der Waals surface area contributed by atoms with Crippen molar-refractivity contribution in [3.8, 4) is 0 Å². The lowest BCUT2D eigenvalue weighted by Gasteiger charge is -2.20. The Kier molecular flexibility index (Phi) is 55.6. The average Bonchev–Trinajstić information content (AvgIpc) is 3.34. The minimum absolute atomic E-state index is 0.0267. The van der Waals surface area contributed by atoms with Crippen LogP contribution < -0.4 is 5.32 Å². The Bertz CT molecular complexity index is 1150. The van der Waals surface area contributed by atoms with Crippen LogP contribution >= 0.6 is 0 Å². The van der Waals surface area contributed by atoms with Crippen molar-refractivity contribution in [3.05, 3.63) is 48.6 Å². The number of carbonyl (C=O) groups excluding carboxylic acids is 2. The van der Waals surface area contributed by atoms with Gasteiger partial charge in [0.05, 0.1) is 25.4 Å². The fourth-order valence-corrected chi connectivity index (χ4v) is 8.95. The van der Waals surface area contributed by atoms with E-state index in [1.165, 1.54) is 199 Å². The molecule has 3 N–H and O–H groups in total. The van der Waals surface area contributed by atoms with Gasteiger partial charge in [0.2, 0.25) is 5.91 Å². The fourth-order valence-electron chi connectivity index (χ4n) is 8.95. The van der Waals surface area contributed by atoms with Crippen LogP contribution in [0.25, 0.3) is 0 Å². The van der Waals surface area contributed by atoms with Gasteiger partial charge in [0, 0.05) is 12.8 Å². The van der Waals surface area contributed by atoms with Gasteiger partial charge < -0.3 is 20.3 Å². The first-order valence-corrected chi connectivity index (χ1v) is 29.9. The maximum absolute atomic E-state index is 12.5. The number of nitrogens with one attached hydrogen (secondary N) is 1. The van der Waals surface area contributed by atoms with Gasteiger partial charge in [0.15, 0.2) is 0 Å². The van der Waals surface area contributed by atoms with E-state index < -0.39 is 12.1 Å². The Balaban J connectivity index is 3.54. The van der Waals surface area contributed by atoms with Gasteiger partial charge in [-0.2, -0.15) is 0 Å². The van der Waals surface area contributed by atoms with Crippen LogP contribution in [0.4, 0.5) is 0 Å². The molecule has 0 aliphatic carbocycles. The molecule has 0 aromatic heterocycles. The maximum atomic E-state index is 12.5. The lowest BCUT2D eigenvalue weighted by molar-refractivity contribution is -0.143. The normalized spacial score (nSPS) is 12.9. The van der Waals surface area contributed by atoms with Gasteiger partial charge in [-0.3, -0.25) is 9.59 Å². The van der Waals surface area contributed by atoms with Gasteiger partial charge >= 0.3 is 5.97 Å². The summed E-state index contributed by atoms with van der Waals surface area (Å²) in [6.45, 7) is 4.84. The second kappa shape index (κ2) is 57.4. The summed E-state index contributed by atoms with van der Waals surface area (Å²) in [5.41, 5.74) is 0. The SMILES string of the molecule is CCCCC/C=C\CCCCCCCC(=O)OCCCCC/C=C\C/C=C\CCCCCCCCCC(=O)NC(CO)C(O)/C=C/CCCCCCCCCCCCCCCCCCCCCC. The predicted molar refractivity (Wildman–Crippen MR) is 296 cm³/mol. The minimum atomic E-state index is -0.857. The van der Waals surface area contributed by atoms with Crippen LogP contribution in [0, 0.1) is 0 Å². The lowest BCUT2D eigenvalue weighted by Crippen LogP contribution is -2.45. The molecule has 0 saturated heterocycles. The van der Waals surface area contributed by atoms with Crippen LogP contribution in [0.15, 0.2) is 48.6 Å². The van der Waals surface area contributed by atoms with E-state index in [9.17, 15) is 19.8 Å². The van der Waals surface area contributed by atoms with Crippen molar-refractivity contribution in [1.29, 1.82) is 0 Å². The maximum Gasteiger partial charge on any atom is 0.305 e. The molecule has 0 radical (unpaired) electrons. The second-order valence-corrected chi connectivity index (χ2v) is 20.3. The minimum Gasteiger partial charge on any atom is -0.466 e. The van der Waals surface area contributed by atoms with E-state index >= 15 is 0 Å². The number of rotatable bonds is 55. The molecule has 1 amide bonds. The number of hydrogen-bond donors (Lipinski definition) is 3. The van der Waals surface area contributed by atoms with E-state index in [4.69, 9.17) is 4.74 Å². The third-order valence-corrected chi connectivity index (χ3v) is 13.6. The molecule has 68 heavy (non-hydrogen) atoms. The Labute approximate surface area is 423 Å². The number of ether oxygens (including phenoxy) is 1. The molecule has 0 aliphatic rings. The molecule has 2 unspecified atom stereocenters. The first-order chi connectivity index (χ1) is 33.5. The quantitative estimate of drug-likeness (QED) is 0.0321. The van der Waals surface area contributed by atoms with Gasteiger partial charge in [0.1, 0.15) is 0 Å². The Morgan fingerprint density at radius 3 is 1.16 bits per heavy atom. The molecule has 0 saturated carbocycles. The van der Waals surface area contributed by atoms with Crippen molar-refractivity contribution in [3.63, 3.8) is 0 Å². The van der Waals surface area contributed by atoms with Crippen LogP contribution in [0.1, 0.15) is 309 Å². The highest BCUT2D eigenvalue weighted by Crippen LogP contribution is 2.16. The first kappa shape index (κ1) is 65.8. The molecule has 0 spiro atoms. The number of aliphatic hydroxyl groups is 2. The largest absolute Gasteiger partial charge is 0.466 e. The highest BCUT2D eigenvalue weighted by atomic mass is 16.5. The van der Waals surface area contributed by atoms with E-state index in [0.717, 1.165) is 83.5 Å². The zero-order valence-corrected chi connectivity index (χ0v) is 45.3. The van der Waals surface area contributed by atoms with E-state index in [1.54, 1.807) is 6.08 Å². The van der Waals surface area contributed by atoms with Crippen molar-refractivity contribution in [2.75, 3.05) is 13.2 Å². The lowest BCUT2D eigenvalue weighted by atomic mass is 10.0. The molecule has 0 bridgehead atoms. The standard InChI is InChI=1S/C62H115NO5/c1-3-5-7-9-11-13-15-17-18-19-20-21-22-23-25-28-31-34-38-42-46-50-54-60(65)59(58-64)63-61(66)55-51-47-43-39-35-32-29-26-24-27-30-33-37-41-45-49-53-57-68-62(67)56-52-48-44-40-36-16-14-12-10-8-6-4-2/h12,14,24,27,33,37,50,54,59-60,64-65H,3-11,13,15-23,25-26,28-32,34-36,38-49,51-53,55-58H2,1-2H3,(H,63,66)/b14-12-,27-24-,37-33-,54-50+.